The van der Waals surface area contributed by atoms with E-state index < -0.39 is 52.8 Å². The van der Waals surface area contributed by atoms with Gasteiger partial charge in [-0.15, -0.1) is 0 Å². The van der Waals surface area contributed by atoms with Crippen LogP contribution in [0.2, 0.25) is 0 Å². The Morgan fingerprint density at radius 3 is 2.34 bits per heavy atom. The summed E-state index contributed by atoms with van der Waals surface area (Å²) in [6.07, 6.45) is -0.655. The van der Waals surface area contributed by atoms with Gasteiger partial charge in [-0.1, -0.05) is 0 Å². The number of nitro groups is 1. The third-order valence-corrected chi connectivity index (χ3v) is 3.32. The van der Waals surface area contributed by atoms with Gasteiger partial charge in [0, 0.05) is 18.7 Å². The molecule has 1 N–H and O–H groups in total. The number of aromatic nitrogens is 1. The van der Waals surface area contributed by atoms with Crippen LogP contribution in [0.25, 0.3) is 0 Å². The average Bonchev–Trinajstić information content (AvgIpc) is 2.64. The Morgan fingerprint density at radius 2 is 1.83 bits per heavy atom. The summed E-state index contributed by atoms with van der Waals surface area (Å²) in [7, 11) is 2.17. The van der Waals surface area contributed by atoms with Gasteiger partial charge in [0.2, 0.25) is 5.75 Å². The highest BCUT2D eigenvalue weighted by Crippen LogP contribution is 2.27. The summed E-state index contributed by atoms with van der Waals surface area (Å²) in [6, 6.07) is -0.164. The molecule has 2 atom stereocenters. The lowest BCUT2D eigenvalue weighted by Crippen LogP contribution is -2.47. The van der Waals surface area contributed by atoms with Crippen molar-refractivity contribution in [3.8, 4) is 5.75 Å². The standard InChI is InChI=1S/C17H23N3O9/c1-17(2,3)29-16(23)19-10(14(21)26-4)8-13(15(22)27-5)28-12-6-7-18-9-11(12)20(24)25/h6-7,9-10,13H,8H2,1-5H3,(H,19,23)/t10-,13+/m0/s1. The molecule has 0 fully saturated rings. The molecule has 0 aliphatic rings. The topological polar surface area (TPSA) is 156 Å². The van der Waals surface area contributed by atoms with Gasteiger partial charge in [0.05, 0.1) is 19.1 Å². The first-order valence-corrected chi connectivity index (χ1v) is 8.38. The van der Waals surface area contributed by atoms with Crippen LogP contribution >= 0.6 is 0 Å². The fourth-order valence-electron chi connectivity index (χ4n) is 2.11. The van der Waals surface area contributed by atoms with Crippen molar-refractivity contribution < 1.29 is 38.3 Å². The maximum absolute atomic E-state index is 12.1. The fraction of sp³-hybridized carbons (Fsp3) is 0.529. The molecular weight excluding hydrogens is 390 g/mol. The number of nitrogens with one attached hydrogen (secondary N) is 1. The molecule has 12 heteroatoms. The molecule has 0 saturated carbocycles. The van der Waals surface area contributed by atoms with Crippen LogP contribution in [0, 0.1) is 10.1 Å². The molecular formula is C17H23N3O9. The molecule has 0 bridgehead atoms. The number of amides is 1. The minimum absolute atomic E-state index is 0.263. The summed E-state index contributed by atoms with van der Waals surface area (Å²) >= 11 is 0. The highest BCUT2D eigenvalue weighted by molar-refractivity contribution is 5.83. The largest absolute Gasteiger partial charge is 0.471 e. The summed E-state index contributed by atoms with van der Waals surface area (Å²) in [5.41, 5.74) is -1.32. The number of alkyl carbamates (subject to hydrolysis) is 1. The zero-order valence-electron chi connectivity index (χ0n) is 16.7. The molecule has 160 valence electrons. The third-order valence-electron chi connectivity index (χ3n) is 3.32. The monoisotopic (exact) mass is 413 g/mol. The minimum Gasteiger partial charge on any atom is -0.471 e. The van der Waals surface area contributed by atoms with E-state index >= 15 is 0 Å². The van der Waals surface area contributed by atoms with Crippen LogP contribution in [0.3, 0.4) is 0 Å². The number of hydrogen-bond donors (Lipinski definition) is 1. The van der Waals surface area contributed by atoms with Gasteiger partial charge in [-0.2, -0.15) is 0 Å². The molecule has 1 aromatic heterocycles. The molecule has 0 saturated heterocycles. The molecule has 0 aliphatic heterocycles. The molecule has 29 heavy (non-hydrogen) atoms. The summed E-state index contributed by atoms with van der Waals surface area (Å²) in [5.74, 6) is -2.06. The van der Waals surface area contributed by atoms with Crippen LogP contribution in [0.5, 0.6) is 5.75 Å². The molecule has 12 nitrogen and oxygen atoms in total. The second-order valence-corrected chi connectivity index (χ2v) is 6.69. The molecule has 0 unspecified atom stereocenters. The number of pyridine rings is 1. The van der Waals surface area contributed by atoms with Crippen molar-refractivity contribution in [2.75, 3.05) is 14.2 Å². The van der Waals surface area contributed by atoms with Gasteiger partial charge in [0.15, 0.2) is 6.10 Å². The van der Waals surface area contributed by atoms with E-state index in [4.69, 9.17) is 9.47 Å². The lowest BCUT2D eigenvalue weighted by Gasteiger charge is -2.24. The Kier molecular flexibility index (Phi) is 8.30. The van der Waals surface area contributed by atoms with Gasteiger partial charge in [0.1, 0.15) is 17.8 Å². The van der Waals surface area contributed by atoms with Crippen LogP contribution in [-0.2, 0) is 23.8 Å². The van der Waals surface area contributed by atoms with Gasteiger partial charge in [0.25, 0.3) is 0 Å². The summed E-state index contributed by atoms with van der Waals surface area (Å²) in [4.78, 5) is 50.2. The molecule has 0 aromatic carbocycles. The zero-order chi connectivity index (χ0) is 22.2. The summed E-state index contributed by atoms with van der Waals surface area (Å²) in [5, 5.41) is 13.4. The summed E-state index contributed by atoms with van der Waals surface area (Å²) in [6.45, 7) is 4.88. The van der Waals surface area contributed by atoms with Crippen molar-refractivity contribution in [2.45, 2.75) is 44.9 Å². The first-order chi connectivity index (χ1) is 13.5. The lowest BCUT2D eigenvalue weighted by atomic mass is 10.1. The van der Waals surface area contributed by atoms with Crippen LogP contribution in [0.15, 0.2) is 18.5 Å². The molecule has 1 heterocycles. The Hall–Kier alpha value is -3.44. The Labute approximate surface area is 166 Å². The smallest absolute Gasteiger partial charge is 0.408 e. The lowest BCUT2D eigenvalue weighted by molar-refractivity contribution is -0.386. The van der Waals surface area contributed by atoms with Crippen molar-refractivity contribution >= 4 is 23.7 Å². The number of hydrogen-bond acceptors (Lipinski definition) is 10. The minimum atomic E-state index is -1.47. The van der Waals surface area contributed by atoms with E-state index in [1.807, 2.05) is 0 Å². The van der Waals surface area contributed by atoms with Gasteiger partial charge >= 0.3 is 23.7 Å². The Balaban J connectivity index is 3.09. The molecule has 0 radical (unpaired) electrons. The van der Waals surface area contributed by atoms with Crippen LogP contribution < -0.4 is 10.1 Å². The quantitative estimate of drug-likeness (QED) is 0.286. The van der Waals surface area contributed by atoms with E-state index in [1.165, 1.54) is 12.3 Å². The molecule has 1 rings (SSSR count). The van der Waals surface area contributed by atoms with E-state index in [1.54, 1.807) is 20.8 Å². The highest BCUT2D eigenvalue weighted by atomic mass is 16.6. The number of methoxy groups -OCH3 is 2. The van der Waals surface area contributed by atoms with E-state index in [-0.39, 0.29) is 5.75 Å². The van der Waals surface area contributed by atoms with Gasteiger partial charge in [-0.25, -0.2) is 14.4 Å². The summed E-state index contributed by atoms with van der Waals surface area (Å²) < 4.78 is 19.8. The maximum Gasteiger partial charge on any atom is 0.408 e. The van der Waals surface area contributed by atoms with Crippen LogP contribution in [0.4, 0.5) is 10.5 Å². The van der Waals surface area contributed by atoms with Gasteiger partial charge in [-0.3, -0.25) is 15.1 Å². The van der Waals surface area contributed by atoms with Crippen molar-refractivity contribution in [2.24, 2.45) is 0 Å². The zero-order valence-corrected chi connectivity index (χ0v) is 16.7. The van der Waals surface area contributed by atoms with Crippen LogP contribution in [-0.4, -0.2) is 59.9 Å². The van der Waals surface area contributed by atoms with Crippen molar-refractivity contribution in [3.05, 3.63) is 28.6 Å². The SMILES string of the molecule is COC(=O)[C@H](C[C@@H](Oc1ccncc1[N+](=O)[O-])C(=O)OC)NC(=O)OC(C)(C)C. The van der Waals surface area contributed by atoms with Crippen molar-refractivity contribution in [3.63, 3.8) is 0 Å². The average molecular weight is 413 g/mol. The van der Waals surface area contributed by atoms with Crippen molar-refractivity contribution in [1.82, 2.24) is 10.3 Å². The van der Waals surface area contributed by atoms with Crippen LogP contribution in [0.1, 0.15) is 27.2 Å². The number of carbonyl (C=O) groups is 3. The molecule has 0 aliphatic carbocycles. The first-order valence-electron chi connectivity index (χ1n) is 8.38. The predicted molar refractivity (Wildman–Crippen MR) is 97.1 cm³/mol. The number of rotatable bonds is 8. The molecule has 0 spiro atoms. The normalized spacial score (nSPS) is 12.9. The second-order valence-electron chi connectivity index (χ2n) is 6.69. The fourth-order valence-corrected chi connectivity index (χ4v) is 2.11. The van der Waals surface area contributed by atoms with Crippen molar-refractivity contribution in [1.29, 1.82) is 0 Å². The van der Waals surface area contributed by atoms with E-state index in [0.29, 0.717) is 0 Å². The Morgan fingerprint density at radius 1 is 1.21 bits per heavy atom. The highest BCUT2D eigenvalue weighted by Gasteiger charge is 2.34. The second kappa shape index (κ2) is 10.2. The predicted octanol–water partition coefficient (Wildman–Crippen LogP) is 1.37. The third kappa shape index (κ3) is 7.60. The molecule has 1 amide bonds. The number of carbonyl (C=O) groups excluding carboxylic acids is 3. The first kappa shape index (κ1) is 23.6. The molecule has 1 aromatic rings. The maximum atomic E-state index is 12.1. The number of esters is 2. The van der Waals surface area contributed by atoms with E-state index in [2.05, 4.69) is 19.8 Å². The Bertz CT molecular complexity index is 761. The number of ether oxygens (including phenoxy) is 4. The number of nitrogens with zero attached hydrogens (tertiary/aromatic N) is 2. The van der Waals surface area contributed by atoms with E-state index in [9.17, 15) is 24.5 Å². The van der Waals surface area contributed by atoms with Gasteiger partial charge < -0.3 is 24.3 Å². The van der Waals surface area contributed by atoms with E-state index in [0.717, 1.165) is 20.4 Å². The van der Waals surface area contributed by atoms with Gasteiger partial charge in [-0.05, 0) is 20.8 Å².